The number of carbonyl (C=O) groups is 2. The normalized spacial score (nSPS) is 8.46. The smallest absolute Gasteiger partial charge is 0.305 e. The van der Waals surface area contributed by atoms with E-state index in [1.165, 1.54) is 0 Å². The van der Waals surface area contributed by atoms with Gasteiger partial charge in [-0.15, -0.1) is 0 Å². The first-order valence-electron chi connectivity index (χ1n) is 3.74. The zero-order chi connectivity index (χ0) is 10.3. The van der Waals surface area contributed by atoms with Crippen LogP contribution in [0.15, 0.2) is 0 Å². The van der Waals surface area contributed by atoms with E-state index in [1.807, 2.05) is 0 Å². The Labute approximate surface area is 88.8 Å². The van der Waals surface area contributed by atoms with Crippen molar-refractivity contribution in [2.24, 2.45) is 11.8 Å². The molecule has 0 saturated heterocycles. The minimum Gasteiger partial charge on any atom is -0.481 e. The molecule has 5 heteroatoms. The molecule has 0 bridgehead atoms. The van der Waals surface area contributed by atoms with Gasteiger partial charge in [-0.05, 0) is 0 Å². The summed E-state index contributed by atoms with van der Waals surface area (Å²) in [5.74, 6) is -1.94. The van der Waals surface area contributed by atoms with Crippen LogP contribution in [0.1, 0.15) is 27.7 Å². The molecule has 0 aliphatic carbocycles. The van der Waals surface area contributed by atoms with Crippen LogP contribution in [0, 0.1) is 11.8 Å². The summed E-state index contributed by atoms with van der Waals surface area (Å²) in [7, 11) is 0. The number of carboxylic acid groups (broad SMARTS) is 2. The Balaban J connectivity index is -0.000000143. The zero-order valence-corrected chi connectivity index (χ0v) is 9.32. The first-order valence-corrected chi connectivity index (χ1v) is 3.74. The monoisotopic (exact) mass is 232 g/mol. The topological polar surface area (TPSA) is 74.6 Å². The molecule has 0 aromatic heterocycles. The SMILES string of the molecule is CC(C)C(=O)O.CC(C)C(=O)O.[Fe]. The van der Waals surface area contributed by atoms with Crippen LogP contribution in [-0.2, 0) is 26.7 Å². The van der Waals surface area contributed by atoms with Gasteiger partial charge in [-0.2, -0.15) is 0 Å². The molecule has 0 fully saturated rings. The Bertz CT molecular complexity index is 136. The maximum absolute atomic E-state index is 9.70. The van der Waals surface area contributed by atoms with Gasteiger partial charge in [-0.1, -0.05) is 27.7 Å². The quantitative estimate of drug-likeness (QED) is 0.706. The van der Waals surface area contributed by atoms with Crippen molar-refractivity contribution in [3.05, 3.63) is 0 Å². The van der Waals surface area contributed by atoms with Gasteiger partial charge < -0.3 is 10.2 Å². The van der Waals surface area contributed by atoms with Crippen LogP contribution in [-0.4, -0.2) is 22.2 Å². The Morgan fingerprint density at radius 1 is 0.846 bits per heavy atom. The number of carboxylic acids is 2. The van der Waals surface area contributed by atoms with Crippen molar-refractivity contribution >= 4 is 11.9 Å². The first-order chi connectivity index (χ1) is 5.29. The molecular formula is C8H16FeO4. The van der Waals surface area contributed by atoms with Gasteiger partial charge in [0.2, 0.25) is 0 Å². The van der Waals surface area contributed by atoms with Crippen molar-refractivity contribution < 1.29 is 36.9 Å². The maximum Gasteiger partial charge on any atom is 0.305 e. The predicted molar refractivity (Wildman–Crippen MR) is 44.9 cm³/mol. The van der Waals surface area contributed by atoms with Crippen LogP contribution < -0.4 is 0 Å². The molecule has 0 aromatic rings. The molecule has 0 amide bonds. The maximum atomic E-state index is 9.70. The molecule has 0 radical (unpaired) electrons. The van der Waals surface area contributed by atoms with Gasteiger partial charge in [0.25, 0.3) is 0 Å². The van der Waals surface area contributed by atoms with Gasteiger partial charge in [-0.25, -0.2) is 0 Å². The third kappa shape index (κ3) is 18.4. The fourth-order valence-electron chi connectivity index (χ4n) is 0. The minimum absolute atomic E-state index is 0. The summed E-state index contributed by atoms with van der Waals surface area (Å²) in [6.07, 6.45) is 0. The number of rotatable bonds is 2. The second-order valence-electron chi connectivity index (χ2n) is 2.99. The third-order valence-electron chi connectivity index (χ3n) is 0.988. The van der Waals surface area contributed by atoms with E-state index in [2.05, 4.69) is 0 Å². The molecule has 0 spiro atoms. The number of hydrogen-bond donors (Lipinski definition) is 2. The average Bonchev–Trinajstić information content (AvgIpc) is 1.88. The number of aliphatic carboxylic acids is 2. The van der Waals surface area contributed by atoms with E-state index in [0.29, 0.717) is 0 Å². The zero-order valence-electron chi connectivity index (χ0n) is 8.22. The Kier molecular flexibility index (Phi) is 13.4. The molecule has 0 unspecified atom stereocenters. The number of hydrogen-bond acceptors (Lipinski definition) is 2. The summed E-state index contributed by atoms with van der Waals surface area (Å²) in [4.78, 5) is 19.4. The minimum atomic E-state index is -0.741. The fourth-order valence-corrected chi connectivity index (χ4v) is 0. The Hall–Kier alpha value is -0.541. The molecule has 0 aromatic carbocycles. The van der Waals surface area contributed by atoms with E-state index in [1.54, 1.807) is 27.7 Å². The first kappa shape index (κ1) is 18.3. The molecule has 0 atom stereocenters. The van der Waals surface area contributed by atoms with Gasteiger partial charge in [0, 0.05) is 17.1 Å². The molecular weight excluding hydrogens is 216 g/mol. The van der Waals surface area contributed by atoms with E-state index >= 15 is 0 Å². The van der Waals surface area contributed by atoms with Crippen LogP contribution in [0.25, 0.3) is 0 Å². The third-order valence-corrected chi connectivity index (χ3v) is 0.988. The fraction of sp³-hybridized carbons (Fsp3) is 0.750. The molecule has 4 nitrogen and oxygen atoms in total. The molecule has 0 aliphatic rings. The Morgan fingerprint density at radius 2 is 0.923 bits per heavy atom. The molecule has 2 N–H and O–H groups in total. The van der Waals surface area contributed by atoms with Crippen molar-refractivity contribution in [3.8, 4) is 0 Å². The van der Waals surface area contributed by atoms with E-state index in [0.717, 1.165) is 0 Å². The molecule has 80 valence electrons. The average molecular weight is 232 g/mol. The summed E-state index contributed by atoms with van der Waals surface area (Å²) in [6, 6.07) is 0. The Morgan fingerprint density at radius 3 is 0.923 bits per heavy atom. The second-order valence-corrected chi connectivity index (χ2v) is 2.99. The summed E-state index contributed by atoms with van der Waals surface area (Å²) < 4.78 is 0. The largest absolute Gasteiger partial charge is 0.481 e. The second kappa shape index (κ2) is 9.55. The van der Waals surface area contributed by atoms with Crippen LogP contribution in [0.2, 0.25) is 0 Å². The van der Waals surface area contributed by atoms with Crippen LogP contribution in [0.3, 0.4) is 0 Å². The van der Waals surface area contributed by atoms with Crippen molar-refractivity contribution in [3.63, 3.8) is 0 Å². The van der Waals surface area contributed by atoms with Crippen molar-refractivity contribution in [2.45, 2.75) is 27.7 Å². The van der Waals surface area contributed by atoms with Gasteiger partial charge >= 0.3 is 11.9 Å². The van der Waals surface area contributed by atoms with Crippen LogP contribution >= 0.6 is 0 Å². The van der Waals surface area contributed by atoms with Crippen molar-refractivity contribution in [2.75, 3.05) is 0 Å². The van der Waals surface area contributed by atoms with Gasteiger partial charge in [0.05, 0.1) is 11.8 Å². The van der Waals surface area contributed by atoms with E-state index in [4.69, 9.17) is 10.2 Å². The predicted octanol–water partition coefficient (Wildman–Crippen LogP) is 1.45. The van der Waals surface area contributed by atoms with Gasteiger partial charge in [0.1, 0.15) is 0 Å². The standard InChI is InChI=1S/2C4H8O2.Fe/c2*1-3(2)4(5)6;/h2*3H,1-2H3,(H,5,6);. The van der Waals surface area contributed by atoms with Crippen molar-refractivity contribution in [1.82, 2.24) is 0 Å². The molecule has 13 heavy (non-hydrogen) atoms. The van der Waals surface area contributed by atoms with E-state index in [9.17, 15) is 9.59 Å². The molecule has 0 rings (SSSR count). The summed E-state index contributed by atoms with van der Waals surface area (Å²) in [5.41, 5.74) is 0. The summed E-state index contributed by atoms with van der Waals surface area (Å²) in [6.45, 7) is 6.56. The van der Waals surface area contributed by atoms with E-state index in [-0.39, 0.29) is 28.9 Å². The van der Waals surface area contributed by atoms with Crippen molar-refractivity contribution in [1.29, 1.82) is 0 Å². The molecule has 0 heterocycles. The molecule has 0 saturated carbocycles. The summed E-state index contributed by atoms with van der Waals surface area (Å²) >= 11 is 0. The van der Waals surface area contributed by atoms with Crippen LogP contribution in [0.4, 0.5) is 0 Å². The van der Waals surface area contributed by atoms with E-state index < -0.39 is 11.9 Å². The van der Waals surface area contributed by atoms with Gasteiger partial charge in [-0.3, -0.25) is 9.59 Å². The molecule has 0 aliphatic heterocycles. The van der Waals surface area contributed by atoms with Crippen LogP contribution in [0.5, 0.6) is 0 Å². The summed E-state index contributed by atoms with van der Waals surface area (Å²) in [5, 5.41) is 16.0. The van der Waals surface area contributed by atoms with Gasteiger partial charge in [0.15, 0.2) is 0 Å².